The highest BCUT2D eigenvalue weighted by molar-refractivity contribution is 5.92. The van der Waals surface area contributed by atoms with Gasteiger partial charge in [-0.2, -0.15) is 0 Å². The van der Waals surface area contributed by atoms with E-state index in [9.17, 15) is 0 Å². The molecule has 0 atom stereocenters. The van der Waals surface area contributed by atoms with E-state index in [1.165, 1.54) is 5.56 Å². The van der Waals surface area contributed by atoms with E-state index in [-0.39, 0.29) is 5.41 Å². The summed E-state index contributed by atoms with van der Waals surface area (Å²) in [6.07, 6.45) is 1.02. The number of guanidine groups is 1. The summed E-state index contributed by atoms with van der Waals surface area (Å²) in [6, 6.07) is 8.22. The number of hydrogen-bond donors (Lipinski definition) is 2. The molecule has 0 aromatic heterocycles. The first-order valence-corrected chi connectivity index (χ1v) is 6.35. The fourth-order valence-corrected chi connectivity index (χ4v) is 1.87. The lowest BCUT2D eigenvalue weighted by Gasteiger charge is -2.36. The van der Waals surface area contributed by atoms with Gasteiger partial charge in [0.25, 0.3) is 0 Å². The summed E-state index contributed by atoms with van der Waals surface area (Å²) in [5.41, 5.74) is 8.32. The average molecular weight is 247 g/mol. The molecule has 4 nitrogen and oxygen atoms in total. The molecule has 1 heterocycles. The molecule has 1 aliphatic rings. The minimum atomic E-state index is 0.164. The number of benzene rings is 1. The molecule has 0 amide bonds. The molecule has 0 unspecified atom stereocenters. The van der Waals surface area contributed by atoms with Crippen molar-refractivity contribution in [2.75, 3.05) is 25.1 Å². The van der Waals surface area contributed by atoms with Crippen LogP contribution in [0.1, 0.15) is 19.4 Å². The highest BCUT2D eigenvalue weighted by atomic mass is 16.5. The molecule has 0 saturated carbocycles. The quantitative estimate of drug-likeness (QED) is 0.632. The van der Waals surface area contributed by atoms with Gasteiger partial charge in [-0.05, 0) is 24.1 Å². The predicted molar refractivity (Wildman–Crippen MR) is 74.9 cm³/mol. The minimum Gasteiger partial charge on any atom is -0.380 e. The molecule has 3 N–H and O–H groups in total. The molecule has 0 bridgehead atoms. The fourth-order valence-electron chi connectivity index (χ4n) is 1.87. The van der Waals surface area contributed by atoms with Crippen LogP contribution in [0.15, 0.2) is 29.3 Å². The van der Waals surface area contributed by atoms with Crippen molar-refractivity contribution in [3.63, 3.8) is 0 Å². The number of aryl methyl sites for hydroxylation is 1. The molecule has 4 heteroatoms. The summed E-state index contributed by atoms with van der Waals surface area (Å²) < 4.78 is 5.19. The molecule has 0 radical (unpaired) electrons. The van der Waals surface area contributed by atoms with Crippen LogP contribution in [0.2, 0.25) is 0 Å². The van der Waals surface area contributed by atoms with Gasteiger partial charge in [-0.25, -0.2) is 0 Å². The maximum absolute atomic E-state index is 5.88. The van der Waals surface area contributed by atoms with Gasteiger partial charge in [0.05, 0.1) is 19.8 Å². The summed E-state index contributed by atoms with van der Waals surface area (Å²) in [5, 5.41) is 3.12. The van der Waals surface area contributed by atoms with Crippen molar-refractivity contribution in [2.24, 2.45) is 16.1 Å². The van der Waals surface area contributed by atoms with E-state index >= 15 is 0 Å². The first-order valence-electron chi connectivity index (χ1n) is 6.35. The number of aliphatic imine (C=N–C) groups is 1. The van der Waals surface area contributed by atoms with Crippen LogP contribution in [0.25, 0.3) is 0 Å². The van der Waals surface area contributed by atoms with Gasteiger partial charge in [-0.3, -0.25) is 4.99 Å². The lowest BCUT2D eigenvalue weighted by Crippen LogP contribution is -2.43. The van der Waals surface area contributed by atoms with E-state index in [1.54, 1.807) is 0 Å². The van der Waals surface area contributed by atoms with Crippen LogP contribution >= 0.6 is 0 Å². The molecule has 1 saturated heterocycles. The van der Waals surface area contributed by atoms with Gasteiger partial charge in [0.15, 0.2) is 5.96 Å². The number of ether oxygens (including phenoxy) is 1. The first-order chi connectivity index (χ1) is 8.61. The molecule has 1 aliphatic heterocycles. The lowest BCUT2D eigenvalue weighted by molar-refractivity contribution is -0.0944. The standard InChI is InChI=1S/C14H21N3O/c1-3-11-5-4-6-12(7-11)17-13(15)16-8-14(2)9-18-10-14/h4-7H,3,8-10H2,1-2H3,(H3,15,16,17). The number of nitrogens with zero attached hydrogens (tertiary/aromatic N) is 1. The SMILES string of the molecule is CCc1cccc(NC(N)=NCC2(C)COC2)c1. The van der Waals surface area contributed by atoms with Gasteiger partial charge >= 0.3 is 0 Å². The van der Waals surface area contributed by atoms with Crippen molar-refractivity contribution in [3.8, 4) is 0 Å². The Labute approximate surface area is 108 Å². The number of nitrogens with one attached hydrogen (secondary N) is 1. The number of anilines is 1. The molecular weight excluding hydrogens is 226 g/mol. The minimum absolute atomic E-state index is 0.164. The van der Waals surface area contributed by atoms with E-state index in [0.717, 1.165) is 25.3 Å². The predicted octanol–water partition coefficient (Wildman–Crippen LogP) is 2.01. The van der Waals surface area contributed by atoms with Crippen LogP contribution in [0.4, 0.5) is 5.69 Å². The van der Waals surface area contributed by atoms with Gasteiger partial charge in [0.1, 0.15) is 0 Å². The molecule has 2 rings (SSSR count). The van der Waals surface area contributed by atoms with Crippen molar-refractivity contribution in [1.29, 1.82) is 0 Å². The van der Waals surface area contributed by atoms with Gasteiger partial charge in [0.2, 0.25) is 0 Å². The molecule has 1 aromatic carbocycles. The zero-order chi connectivity index (χ0) is 13.0. The van der Waals surface area contributed by atoms with Gasteiger partial charge in [-0.1, -0.05) is 26.0 Å². The van der Waals surface area contributed by atoms with Crippen LogP contribution in [-0.2, 0) is 11.2 Å². The Bertz CT molecular complexity index is 438. The zero-order valence-corrected chi connectivity index (χ0v) is 11.1. The Balaban J connectivity index is 1.93. The van der Waals surface area contributed by atoms with Crippen molar-refractivity contribution >= 4 is 11.6 Å². The summed E-state index contributed by atoms with van der Waals surface area (Å²) in [7, 11) is 0. The van der Waals surface area contributed by atoms with Crippen LogP contribution in [0, 0.1) is 5.41 Å². The maximum atomic E-state index is 5.88. The van der Waals surface area contributed by atoms with Gasteiger partial charge < -0.3 is 15.8 Å². The largest absolute Gasteiger partial charge is 0.380 e. The van der Waals surface area contributed by atoms with E-state index < -0.39 is 0 Å². The lowest BCUT2D eigenvalue weighted by atomic mass is 9.89. The van der Waals surface area contributed by atoms with Crippen molar-refractivity contribution in [1.82, 2.24) is 0 Å². The Kier molecular flexibility index (Phi) is 3.87. The Morgan fingerprint density at radius 1 is 1.50 bits per heavy atom. The summed E-state index contributed by atoms with van der Waals surface area (Å²) in [5.74, 6) is 0.469. The Hall–Kier alpha value is -1.55. The fraction of sp³-hybridized carbons (Fsp3) is 0.500. The highest BCUT2D eigenvalue weighted by Gasteiger charge is 2.32. The zero-order valence-electron chi connectivity index (χ0n) is 11.1. The van der Waals surface area contributed by atoms with Crippen molar-refractivity contribution in [3.05, 3.63) is 29.8 Å². The Morgan fingerprint density at radius 3 is 2.89 bits per heavy atom. The second-order valence-electron chi connectivity index (χ2n) is 5.18. The van der Waals surface area contributed by atoms with Crippen molar-refractivity contribution < 1.29 is 4.74 Å². The summed E-state index contributed by atoms with van der Waals surface area (Å²) in [4.78, 5) is 4.37. The maximum Gasteiger partial charge on any atom is 0.193 e. The number of hydrogen-bond acceptors (Lipinski definition) is 2. The number of rotatable bonds is 4. The summed E-state index contributed by atoms with van der Waals surface area (Å²) in [6.45, 7) is 6.54. The van der Waals surface area contributed by atoms with Crippen LogP contribution < -0.4 is 11.1 Å². The van der Waals surface area contributed by atoms with Gasteiger partial charge in [0, 0.05) is 11.1 Å². The van der Waals surface area contributed by atoms with Crippen LogP contribution in [0.3, 0.4) is 0 Å². The monoisotopic (exact) mass is 247 g/mol. The number of nitrogens with two attached hydrogens (primary N) is 1. The first kappa shape index (κ1) is 12.9. The van der Waals surface area contributed by atoms with Crippen LogP contribution in [-0.4, -0.2) is 25.7 Å². The van der Waals surface area contributed by atoms with Crippen molar-refractivity contribution in [2.45, 2.75) is 20.3 Å². The average Bonchev–Trinajstić information content (AvgIpc) is 2.34. The highest BCUT2D eigenvalue weighted by Crippen LogP contribution is 2.26. The molecular formula is C14H21N3O. The molecule has 98 valence electrons. The van der Waals surface area contributed by atoms with E-state index in [2.05, 4.69) is 36.3 Å². The third-order valence-corrected chi connectivity index (χ3v) is 3.14. The third kappa shape index (κ3) is 3.23. The molecule has 18 heavy (non-hydrogen) atoms. The van der Waals surface area contributed by atoms with E-state index in [4.69, 9.17) is 10.5 Å². The third-order valence-electron chi connectivity index (χ3n) is 3.14. The smallest absolute Gasteiger partial charge is 0.193 e. The summed E-state index contributed by atoms with van der Waals surface area (Å²) >= 11 is 0. The molecule has 0 spiro atoms. The van der Waals surface area contributed by atoms with E-state index in [0.29, 0.717) is 12.5 Å². The normalized spacial score (nSPS) is 18.2. The Morgan fingerprint density at radius 2 is 2.28 bits per heavy atom. The van der Waals surface area contributed by atoms with E-state index in [1.807, 2.05) is 12.1 Å². The second-order valence-corrected chi connectivity index (χ2v) is 5.18. The van der Waals surface area contributed by atoms with Gasteiger partial charge in [-0.15, -0.1) is 0 Å². The second kappa shape index (κ2) is 5.40. The van der Waals surface area contributed by atoms with Crippen LogP contribution in [0.5, 0.6) is 0 Å². The molecule has 0 aliphatic carbocycles. The molecule has 1 fully saturated rings. The molecule has 1 aromatic rings. The topological polar surface area (TPSA) is 59.6 Å².